The van der Waals surface area contributed by atoms with Crippen molar-refractivity contribution in [3.05, 3.63) is 11.9 Å². The van der Waals surface area contributed by atoms with Crippen LogP contribution in [0.1, 0.15) is 40.3 Å². The second-order valence-corrected chi connectivity index (χ2v) is 6.11. The van der Waals surface area contributed by atoms with E-state index in [0.29, 0.717) is 26.4 Å². The van der Waals surface area contributed by atoms with Gasteiger partial charge in [0.15, 0.2) is 0 Å². The van der Waals surface area contributed by atoms with Crippen molar-refractivity contribution in [2.45, 2.75) is 59.4 Å². The minimum Gasteiger partial charge on any atom is -0.377 e. The van der Waals surface area contributed by atoms with Gasteiger partial charge in [-0.3, -0.25) is 0 Å². The Morgan fingerprint density at radius 3 is 2.65 bits per heavy atom. The maximum absolute atomic E-state index is 5.48. The fourth-order valence-corrected chi connectivity index (χ4v) is 1.49. The molecule has 0 aliphatic rings. The van der Waals surface area contributed by atoms with Gasteiger partial charge in [-0.25, -0.2) is 4.68 Å². The van der Waals surface area contributed by atoms with Crippen LogP contribution < -0.4 is 5.32 Å². The molecular formula is C14H28N4O2. The molecule has 20 heavy (non-hydrogen) atoms. The summed E-state index contributed by atoms with van der Waals surface area (Å²) in [5, 5.41) is 11.6. The molecule has 0 radical (unpaired) electrons. The standard InChI is InChI=1S/C14H28N4O2/c1-12(2)20-9-8-19-7-6-18-11-13(16-17-18)10-15-14(3,4)5/h11-12,15H,6-10H2,1-5H3. The summed E-state index contributed by atoms with van der Waals surface area (Å²) in [6.07, 6.45) is 2.21. The second-order valence-electron chi connectivity index (χ2n) is 6.11. The molecule has 1 aromatic heterocycles. The number of aromatic nitrogens is 3. The van der Waals surface area contributed by atoms with Crippen LogP contribution in [0.3, 0.4) is 0 Å². The molecule has 1 heterocycles. The molecule has 116 valence electrons. The molecule has 0 atom stereocenters. The lowest BCUT2D eigenvalue weighted by Gasteiger charge is -2.19. The number of ether oxygens (including phenoxy) is 2. The van der Waals surface area contributed by atoms with E-state index in [1.807, 2.05) is 24.7 Å². The lowest BCUT2D eigenvalue weighted by atomic mass is 10.1. The van der Waals surface area contributed by atoms with Crippen LogP contribution >= 0.6 is 0 Å². The zero-order valence-corrected chi connectivity index (χ0v) is 13.3. The van der Waals surface area contributed by atoms with Gasteiger partial charge in [0.05, 0.1) is 38.2 Å². The quantitative estimate of drug-likeness (QED) is 0.698. The molecule has 1 N–H and O–H groups in total. The highest BCUT2D eigenvalue weighted by atomic mass is 16.5. The molecule has 0 aromatic carbocycles. The Labute approximate surface area is 121 Å². The minimum absolute atomic E-state index is 0.0866. The average molecular weight is 284 g/mol. The number of nitrogens with zero attached hydrogens (tertiary/aromatic N) is 3. The van der Waals surface area contributed by atoms with Crippen LogP contribution in [0.15, 0.2) is 6.20 Å². The molecule has 0 aliphatic carbocycles. The highest BCUT2D eigenvalue weighted by molar-refractivity contribution is 4.92. The first-order valence-corrected chi connectivity index (χ1v) is 7.20. The summed E-state index contributed by atoms with van der Waals surface area (Å²) < 4.78 is 12.7. The maximum Gasteiger partial charge on any atom is 0.0965 e. The van der Waals surface area contributed by atoms with Gasteiger partial charge in [-0.2, -0.15) is 0 Å². The van der Waals surface area contributed by atoms with Crippen LogP contribution in [0.2, 0.25) is 0 Å². The van der Waals surface area contributed by atoms with Crippen molar-refractivity contribution in [3.8, 4) is 0 Å². The minimum atomic E-state index is 0.0866. The van der Waals surface area contributed by atoms with Gasteiger partial charge in [-0.05, 0) is 34.6 Å². The molecule has 0 amide bonds. The summed E-state index contributed by atoms with van der Waals surface area (Å²) >= 11 is 0. The van der Waals surface area contributed by atoms with E-state index in [-0.39, 0.29) is 11.6 Å². The zero-order chi connectivity index (χ0) is 15.0. The summed E-state index contributed by atoms with van der Waals surface area (Å²) in [5.41, 5.74) is 1.03. The maximum atomic E-state index is 5.48. The highest BCUT2D eigenvalue weighted by Gasteiger charge is 2.09. The second kappa shape index (κ2) is 8.34. The van der Waals surface area contributed by atoms with Gasteiger partial charge in [0.25, 0.3) is 0 Å². The van der Waals surface area contributed by atoms with Gasteiger partial charge in [-0.1, -0.05) is 5.21 Å². The molecule has 0 bridgehead atoms. The Kier molecular flexibility index (Phi) is 7.12. The van der Waals surface area contributed by atoms with E-state index < -0.39 is 0 Å². The van der Waals surface area contributed by atoms with Gasteiger partial charge in [0, 0.05) is 18.3 Å². The molecule has 1 aromatic rings. The first-order chi connectivity index (χ1) is 9.37. The third kappa shape index (κ3) is 8.24. The van der Waals surface area contributed by atoms with E-state index in [1.54, 1.807) is 0 Å². The number of hydrogen-bond acceptors (Lipinski definition) is 5. The van der Waals surface area contributed by atoms with Crippen LogP contribution in [0.4, 0.5) is 0 Å². The number of rotatable bonds is 9. The van der Waals surface area contributed by atoms with Crippen LogP contribution in [0.25, 0.3) is 0 Å². The Hall–Kier alpha value is -0.980. The summed E-state index contributed by atoms with van der Waals surface area (Å²) in [6.45, 7) is 13.7. The molecule has 0 saturated heterocycles. The van der Waals surface area contributed by atoms with Crippen molar-refractivity contribution in [1.29, 1.82) is 0 Å². The first kappa shape index (κ1) is 17.1. The fraction of sp³-hybridized carbons (Fsp3) is 0.857. The molecule has 0 fully saturated rings. The highest BCUT2D eigenvalue weighted by Crippen LogP contribution is 2.01. The normalized spacial score (nSPS) is 12.3. The van der Waals surface area contributed by atoms with Crippen molar-refractivity contribution >= 4 is 0 Å². The molecule has 6 heteroatoms. The van der Waals surface area contributed by atoms with Crippen molar-refractivity contribution < 1.29 is 9.47 Å². The van der Waals surface area contributed by atoms with Gasteiger partial charge >= 0.3 is 0 Å². The molecule has 6 nitrogen and oxygen atoms in total. The molecular weight excluding hydrogens is 256 g/mol. The lowest BCUT2D eigenvalue weighted by molar-refractivity contribution is 0.0170. The lowest BCUT2D eigenvalue weighted by Crippen LogP contribution is -2.35. The molecule has 1 rings (SSSR count). The molecule has 0 spiro atoms. The summed E-state index contributed by atoms with van der Waals surface area (Å²) in [6, 6.07) is 0. The fourth-order valence-electron chi connectivity index (χ4n) is 1.49. The van der Waals surface area contributed by atoms with E-state index in [9.17, 15) is 0 Å². The van der Waals surface area contributed by atoms with Gasteiger partial charge in [0.1, 0.15) is 0 Å². The van der Waals surface area contributed by atoms with E-state index in [1.165, 1.54) is 0 Å². The summed E-state index contributed by atoms with van der Waals surface area (Å²) in [4.78, 5) is 0. The van der Waals surface area contributed by atoms with Crippen molar-refractivity contribution in [3.63, 3.8) is 0 Å². The van der Waals surface area contributed by atoms with Crippen LogP contribution in [-0.2, 0) is 22.6 Å². The number of nitrogens with one attached hydrogen (secondary N) is 1. The smallest absolute Gasteiger partial charge is 0.0965 e. The number of hydrogen-bond donors (Lipinski definition) is 1. The van der Waals surface area contributed by atoms with E-state index in [0.717, 1.165) is 12.2 Å². The molecule has 0 saturated carbocycles. The van der Waals surface area contributed by atoms with Gasteiger partial charge in [-0.15, -0.1) is 5.10 Å². The average Bonchev–Trinajstić information content (AvgIpc) is 2.78. The zero-order valence-electron chi connectivity index (χ0n) is 13.3. The Bertz CT molecular complexity index is 371. The van der Waals surface area contributed by atoms with Gasteiger partial charge in [0.2, 0.25) is 0 Å². The Morgan fingerprint density at radius 1 is 1.25 bits per heavy atom. The predicted octanol–water partition coefficient (Wildman–Crippen LogP) is 1.61. The Balaban J connectivity index is 2.14. The van der Waals surface area contributed by atoms with E-state index >= 15 is 0 Å². The third-order valence-corrected chi connectivity index (χ3v) is 2.53. The van der Waals surface area contributed by atoms with E-state index in [2.05, 4.69) is 36.4 Å². The topological polar surface area (TPSA) is 61.2 Å². The molecule has 0 aliphatic heterocycles. The SMILES string of the molecule is CC(C)OCCOCCn1cc(CNC(C)(C)C)nn1. The van der Waals surface area contributed by atoms with E-state index in [4.69, 9.17) is 9.47 Å². The van der Waals surface area contributed by atoms with Gasteiger partial charge < -0.3 is 14.8 Å². The Morgan fingerprint density at radius 2 is 2.00 bits per heavy atom. The first-order valence-electron chi connectivity index (χ1n) is 7.20. The van der Waals surface area contributed by atoms with Crippen LogP contribution in [0, 0.1) is 0 Å². The van der Waals surface area contributed by atoms with Crippen LogP contribution in [-0.4, -0.2) is 46.5 Å². The summed E-state index contributed by atoms with van der Waals surface area (Å²) in [5.74, 6) is 0. The third-order valence-electron chi connectivity index (χ3n) is 2.53. The molecule has 0 unspecified atom stereocenters. The largest absolute Gasteiger partial charge is 0.377 e. The van der Waals surface area contributed by atoms with Crippen molar-refractivity contribution in [1.82, 2.24) is 20.3 Å². The summed E-state index contributed by atoms with van der Waals surface area (Å²) in [7, 11) is 0. The predicted molar refractivity (Wildman–Crippen MR) is 78.5 cm³/mol. The van der Waals surface area contributed by atoms with Crippen LogP contribution in [0.5, 0.6) is 0 Å². The monoisotopic (exact) mass is 284 g/mol. The van der Waals surface area contributed by atoms with Crippen molar-refractivity contribution in [2.24, 2.45) is 0 Å². The van der Waals surface area contributed by atoms with Crippen molar-refractivity contribution in [2.75, 3.05) is 19.8 Å².